The van der Waals surface area contributed by atoms with Crippen molar-refractivity contribution in [1.29, 1.82) is 0 Å². The summed E-state index contributed by atoms with van der Waals surface area (Å²) in [7, 11) is 0. The quantitative estimate of drug-likeness (QED) is 0.639. The van der Waals surface area contributed by atoms with Crippen molar-refractivity contribution in [3.05, 3.63) is 60.1 Å². The molecule has 2 aromatic rings. The van der Waals surface area contributed by atoms with E-state index >= 15 is 0 Å². The molecule has 1 aromatic heterocycles. The fraction of sp³-hybridized carbons (Fsp3) is 0.350. The standard InChI is InChI=1S/C20H24N4O5/c25-18(21-13-15-5-2-1-3-6-15)16(22-19(26)17-7-4-12-29-17)14-23-8-10-24(11-9-23)20(27)28/h1-7,12,16H,8-11,13-14H2,(H,21,25)(H,22,26)(H,27,28). The maximum Gasteiger partial charge on any atom is 0.407 e. The van der Waals surface area contributed by atoms with E-state index in [0.29, 0.717) is 32.7 Å². The first-order valence-corrected chi connectivity index (χ1v) is 9.39. The minimum atomic E-state index is -0.951. The summed E-state index contributed by atoms with van der Waals surface area (Å²) in [6, 6.07) is 11.8. The Morgan fingerprint density at radius 1 is 1.03 bits per heavy atom. The Kier molecular flexibility index (Phi) is 6.85. The van der Waals surface area contributed by atoms with Crippen LogP contribution in [0.25, 0.3) is 0 Å². The highest BCUT2D eigenvalue weighted by molar-refractivity contribution is 5.95. The lowest BCUT2D eigenvalue weighted by Gasteiger charge is -2.34. The average Bonchev–Trinajstić information content (AvgIpc) is 3.28. The smallest absolute Gasteiger partial charge is 0.407 e. The fourth-order valence-electron chi connectivity index (χ4n) is 3.12. The van der Waals surface area contributed by atoms with Crippen LogP contribution in [0.1, 0.15) is 16.1 Å². The van der Waals surface area contributed by atoms with Gasteiger partial charge in [0.1, 0.15) is 6.04 Å². The van der Waals surface area contributed by atoms with Crippen LogP contribution >= 0.6 is 0 Å². The van der Waals surface area contributed by atoms with Crippen molar-refractivity contribution in [2.75, 3.05) is 32.7 Å². The minimum Gasteiger partial charge on any atom is -0.465 e. The van der Waals surface area contributed by atoms with Crippen molar-refractivity contribution in [2.24, 2.45) is 0 Å². The van der Waals surface area contributed by atoms with Crippen LogP contribution in [0, 0.1) is 0 Å². The van der Waals surface area contributed by atoms with E-state index in [4.69, 9.17) is 9.52 Å². The van der Waals surface area contributed by atoms with E-state index in [1.165, 1.54) is 17.2 Å². The van der Waals surface area contributed by atoms with Crippen LogP contribution in [-0.4, -0.2) is 71.6 Å². The molecule has 3 N–H and O–H groups in total. The highest BCUT2D eigenvalue weighted by Crippen LogP contribution is 2.06. The number of amides is 3. The summed E-state index contributed by atoms with van der Waals surface area (Å²) in [4.78, 5) is 39.5. The summed E-state index contributed by atoms with van der Waals surface area (Å²) in [6.45, 7) is 2.33. The zero-order valence-corrected chi connectivity index (χ0v) is 15.9. The van der Waals surface area contributed by atoms with E-state index in [0.717, 1.165) is 5.56 Å². The summed E-state index contributed by atoms with van der Waals surface area (Å²) >= 11 is 0. The monoisotopic (exact) mass is 400 g/mol. The second kappa shape index (κ2) is 9.74. The van der Waals surface area contributed by atoms with Crippen LogP contribution in [0.5, 0.6) is 0 Å². The second-order valence-electron chi connectivity index (χ2n) is 6.78. The SMILES string of the molecule is O=C(NC(CN1CCN(C(=O)O)CC1)C(=O)NCc1ccccc1)c1ccco1. The Morgan fingerprint density at radius 3 is 2.38 bits per heavy atom. The van der Waals surface area contributed by atoms with Gasteiger partial charge in [0.25, 0.3) is 5.91 Å². The predicted octanol–water partition coefficient (Wildman–Crippen LogP) is 0.990. The molecule has 3 rings (SSSR count). The topological polar surface area (TPSA) is 115 Å². The highest BCUT2D eigenvalue weighted by Gasteiger charge is 2.28. The molecule has 2 heterocycles. The Bertz CT molecular complexity index is 817. The van der Waals surface area contributed by atoms with Crippen molar-refractivity contribution < 1.29 is 23.9 Å². The molecule has 0 spiro atoms. The lowest BCUT2D eigenvalue weighted by atomic mass is 10.2. The molecule has 1 aliphatic heterocycles. The van der Waals surface area contributed by atoms with Gasteiger partial charge in [0.2, 0.25) is 5.91 Å². The van der Waals surface area contributed by atoms with Crippen molar-refractivity contribution >= 4 is 17.9 Å². The fourth-order valence-corrected chi connectivity index (χ4v) is 3.12. The van der Waals surface area contributed by atoms with Crippen LogP contribution in [-0.2, 0) is 11.3 Å². The Balaban J connectivity index is 1.61. The van der Waals surface area contributed by atoms with E-state index in [1.54, 1.807) is 6.07 Å². The van der Waals surface area contributed by atoms with Crippen molar-refractivity contribution in [2.45, 2.75) is 12.6 Å². The van der Waals surface area contributed by atoms with E-state index in [-0.39, 0.29) is 18.2 Å². The van der Waals surface area contributed by atoms with Crippen molar-refractivity contribution in [1.82, 2.24) is 20.4 Å². The lowest BCUT2D eigenvalue weighted by molar-refractivity contribution is -0.123. The maximum absolute atomic E-state index is 12.8. The molecule has 0 saturated carbocycles. The summed E-state index contributed by atoms with van der Waals surface area (Å²) in [5.74, 6) is -0.657. The summed E-state index contributed by atoms with van der Waals surface area (Å²) < 4.78 is 5.11. The summed E-state index contributed by atoms with van der Waals surface area (Å²) in [6.07, 6.45) is 0.442. The van der Waals surface area contributed by atoms with E-state index in [1.807, 2.05) is 35.2 Å². The molecular weight excluding hydrogens is 376 g/mol. The third-order valence-electron chi connectivity index (χ3n) is 4.76. The van der Waals surface area contributed by atoms with E-state index in [9.17, 15) is 14.4 Å². The number of rotatable bonds is 7. The van der Waals surface area contributed by atoms with Gasteiger partial charge < -0.3 is 25.1 Å². The van der Waals surface area contributed by atoms with Crippen LogP contribution in [0.2, 0.25) is 0 Å². The molecule has 9 heteroatoms. The number of hydrogen-bond donors (Lipinski definition) is 3. The zero-order valence-electron chi connectivity index (χ0n) is 15.9. The number of carboxylic acid groups (broad SMARTS) is 1. The number of benzene rings is 1. The number of furan rings is 1. The second-order valence-corrected chi connectivity index (χ2v) is 6.78. The predicted molar refractivity (Wildman–Crippen MR) is 104 cm³/mol. The Morgan fingerprint density at radius 2 is 1.76 bits per heavy atom. The molecule has 29 heavy (non-hydrogen) atoms. The van der Waals surface area contributed by atoms with Gasteiger partial charge in [-0.25, -0.2) is 4.79 Å². The summed E-state index contributed by atoms with van der Waals surface area (Å²) in [5, 5.41) is 14.6. The zero-order chi connectivity index (χ0) is 20.6. The number of carbonyl (C=O) groups excluding carboxylic acids is 2. The first-order chi connectivity index (χ1) is 14.0. The van der Waals surface area contributed by atoms with Gasteiger partial charge in [0.05, 0.1) is 6.26 Å². The van der Waals surface area contributed by atoms with Crippen molar-refractivity contribution in [3.63, 3.8) is 0 Å². The summed E-state index contributed by atoms with van der Waals surface area (Å²) in [5.41, 5.74) is 0.951. The third kappa shape index (κ3) is 5.82. The van der Waals surface area contributed by atoms with Gasteiger partial charge in [-0.3, -0.25) is 14.5 Å². The molecule has 1 aromatic carbocycles. The normalized spacial score (nSPS) is 15.5. The molecule has 1 aliphatic rings. The minimum absolute atomic E-state index is 0.126. The van der Waals surface area contributed by atoms with Crippen LogP contribution < -0.4 is 10.6 Å². The molecule has 154 valence electrons. The van der Waals surface area contributed by atoms with Crippen molar-refractivity contribution in [3.8, 4) is 0 Å². The van der Waals surface area contributed by atoms with Gasteiger partial charge in [-0.15, -0.1) is 0 Å². The largest absolute Gasteiger partial charge is 0.465 e. The lowest BCUT2D eigenvalue weighted by Crippen LogP contribution is -2.56. The van der Waals surface area contributed by atoms with Gasteiger partial charge in [-0.1, -0.05) is 30.3 Å². The van der Waals surface area contributed by atoms with Gasteiger partial charge in [0, 0.05) is 39.3 Å². The molecule has 1 saturated heterocycles. The molecule has 1 unspecified atom stereocenters. The number of hydrogen-bond acceptors (Lipinski definition) is 5. The van der Waals surface area contributed by atoms with E-state index in [2.05, 4.69) is 10.6 Å². The van der Waals surface area contributed by atoms with Gasteiger partial charge in [-0.2, -0.15) is 0 Å². The number of nitrogens with one attached hydrogen (secondary N) is 2. The first-order valence-electron chi connectivity index (χ1n) is 9.39. The first kappa shape index (κ1) is 20.4. The Hall–Kier alpha value is -3.33. The molecular formula is C20H24N4O5. The molecule has 1 atom stereocenters. The Labute approximate surface area is 168 Å². The molecule has 0 radical (unpaired) electrons. The van der Waals surface area contributed by atoms with Crippen LogP contribution in [0.4, 0.5) is 4.79 Å². The van der Waals surface area contributed by atoms with Crippen LogP contribution in [0.3, 0.4) is 0 Å². The maximum atomic E-state index is 12.8. The molecule has 3 amide bonds. The van der Waals surface area contributed by atoms with Gasteiger partial charge in [0.15, 0.2) is 5.76 Å². The van der Waals surface area contributed by atoms with Gasteiger partial charge >= 0.3 is 6.09 Å². The highest BCUT2D eigenvalue weighted by atomic mass is 16.4. The number of piperazine rings is 1. The third-order valence-corrected chi connectivity index (χ3v) is 4.76. The molecule has 0 bridgehead atoms. The average molecular weight is 400 g/mol. The van der Waals surface area contributed by atoms with Gasteiger partial charge in [-0.05, 0) is 17.7 Å². The molecule has 9 nitrogen and oxygen atoms in total. The van der Waals surface area contributed by atoms with E-state index < -0.39 is 18.0 Å². The molecule has 0 aliphatic carbocycles. The number of nitrogens with zero attached hydrogens (tertiary/aromatic N) is 2. The molecule has 1 fully saturated rings. The van der Waals surface area contributed by atoms with Crippen LogP contribution in [0.15, 0.2) is 53.1 Å². The number of carbonyl (C=O) groups is 3.